The first kappa shape index (κ1) is 23.3. The van der Waals surface area contributed by atoms with Crippen LogP contribution in [0.25, 0.3) is 16.3 Å². The van der Waals surface area contributed by atoms with E-state index in [0.717, 1.165) is 5.56 Å². The number of hydrogen-bond donors (Lipinski definition) is 0. The molecule has 0 saturated heterocycles. The van der Waals surface area contributed by atoms with E-state index in [4.69, 9.17) is 11.3 Å². The first-order valence-electron chi connectivity index (χ1n) is 9.99. The molecule has 0 unspecified atom stereocenters. The minimum Gasteiger partial charge on any atom is -0.435 e. The number of carbonyl (C=O) groups excluding carboxylic acids is 1. The van der Waals surface area contributed by atoms with Crippen LogP contribution >= 0.6 is 0 Å². The van der Waals surface area contributed by atoms with Gasteiger partial charge in [-0.3, -0.25) is 9.48 Å². The fourth-order valence-corrected chi connectivity index (χ4v) is 2.83. The zero-order chi connectivity index (χ0) is 22.9. The van der Waals surface area contributed by atoms with Crippen LogP contribution in [0.1, 0.15) is 71.0 Å². The van der Waals surface area contributed by atoms with E-state index in [1.54, 1.807) is 39.8 Å². The van der Waals surface area contributed by atoms with Gasteiger partial charge in [-0.1, -0.05) is 45.0 Å². The third-order valence-electron chi connectivity index (χ3n) is 4.73. The van der Waals surface area contributed by atoms with Crippen LogP contribution in [-0.4, -0.2) is 15.7 Å². The molecule has 0 amide bonds. The molecule has 1 heterocycles. The molecule has 0 aliphatic carbocycles. The van der Waals surface area contributed by atoms with Gasteiger partial charge in [0.2, 0.25) is 5.70 Å². The first-order valence-corrected chi connectivity index (χ1v) is 9.99. The normalized spacial score (nSPS) is 12.9. The number of hydrogen-bond acceptors (Lipinski definition) is 3. The fraction of sp³-hybridized carbons (Fsp3) is 0.458. The maximum Gasteiger partial charge on any atom is 0.315 e. The maximum atomic E-state index is 15.0. The number of aryl methyl sites for hydroxylation is 2. The number of aromatic nitrogens is 2. The monoisotopic (exact) mass is 411 g/mol. The van der Waals surface area contributed by atoms with Gasteiger partial charge in [0.05, 0.1) is 17.7 Å². The molecular weight excluding hydrogens is 381 g/mol. The Morgan fingerprint density at radius 1 is 1.17 bits per heavy atom. The van der Waals surface area contributed by atoms with Gasteiger partial charge in [0, 0.05) is 6.54 Å². The van der Waals surface area contributed by atoms with Crippen LogP contribution in [0.3, 0.4) is 0 Å². The number of esters is 1. The minimum absolute atomic E-state index is 0.0125. The smallest absolute Gasteiger partial charge is 0.315 e. The Morgan fingerprint density at radius 3 is 2.17 bits per heavy atom. The molecule has 0 spiro atoms. The quantitative estimate of drug-likeness (QED) is 0.353. The maximum absolute atomic E-state index is 15.0. The van der Waals surface area contributed by atoms with Crippen LogP contribution in [0.15, 0.2) is 24.3 Å². The summed E-state index contributed by atoms with van der Waals surface area (Å²) in [6.45, 7) is 22.9. The zero-order valence-electron chi connectivity index (χ0n) is 19.1. The van der Waals surface area contributed by atoms with E-state index in [0.29, 0.717) is 12.1 Å². The molecule has 2 rings (SSSR count). The first-order chi connectivity index (χ1) is 13.8. The van der Waals surface area contributed by atoms with Crippen molar-refractivity contribution in [2.24, 2.45) is 5.41 Å². The molecule has 0 aliphatic rings. The molecule has 1 aromatic heterocycles. The number of carbonyl (C=O) groups is 1. The largest absolute Gasteiger partial charge is 0.435 e. The third kappa shape index (κ3) is 4.79. The summed E-state index contributed by atoms with van der Waals surface area (Å²) >= 11 is 0. The van der Waals surface area contributed by atoms with Gasteiger partial charge in [-0.15, -0.1) is 0 Å². The number of halogens is 1. The van der Waals surface area contributed by atoms with E-state index in [1.165, 1.54) is 4.68 Å². The van der Waals surface area contributed by atoms with Gasteiger partial charge in [-0.2, -0.15) is 5.10 Å². The highest BCUT2D eigenvalue weighted by atomic mass is 19.1. The third-order valence-corrected chi connectivity index (χ3v) is 4.73. The average Bonchev–Trinajstić information content (AvgIpc) is 2.94. The summed E-state index contributed by atoms with van der Waals surface area (Å²) in [5, 5.41) is 4.19. The second kappa shape index (κ2) is 8.43. The Labute approximate surface area is 178 Å². The Balaban J connectivity index is 2.77. The molecule has 1 aromatic carbocycles. The van der Waals surface area contributed by atoms with Crippen LogP contribution < -0.4 is 0 Å². The second-order valence-corrected chi connectivity index (χ2v) is 9.32. The van der Waals surface area contributed by atoms with Crippen molar-refractivity contribution >= 4 is 17.4 Å². The second-order valence-electron chi connectivity index (χ2n) is 9.32. The number of rotatable bonds is 4. The van der Waals surface area contributed by atoms with Crippen molar-refractivity contribution in [1.82, 2.24) is 9.78 Å². The predicted molar refractivity (Wildman–Crippen MR) is 117 cm³/mol. The van der Waals surface area contributed by atoms with E-state index < -0.39 is 17.2 Å². The highest BCUT2D eigenvalue weighted by molar-refractivity contribution is 5.95. The molecule has 5 nitrogen and oxygen atoms in total. The van der Waals surface area contributed by atoms with E-state index >= 15 is 4.39 Å². The molecule has 30 heavy (non-hydrogen) atoms. The lowest BCUT2D eigenvalue weighted by Gasteiger charge is -2.21. The van der Waals surface area contributed by atoms with Crippen molar-refractivity contribution in [3.63, 3.8) is 0 Å². The molecule has 2 aromatic rings. The van der Waals surface area contributed by atoms with Gasteiger partial charge in [0.15, 0.2) is 11.6 Å². The zero-order valence-corrected chi connectivity index (χ0v) is 19.1. The van der Waals surface area contributed by atoms with Crippen molar-refractivity contribution in [2.45, 2.75) is 67.3 Å². The summed E-state index contributed by atoms with van der Waals surface area (Å²) in [6.07, 6.45) is 0. The highest BCUT2D eigenvalue weighted by Crippen LogP contribution is 2.34. The Morgan fingerprint density at radius 2 is 1.73 bits per heavy atom. The summed E-state index contributed by atoms with van der Waals surface area (Å²) in [6, 6.07) is 7.47. The molecule has 0 aliphatic heterocycles. The Kier molecular flexibility index (Phi) is 6.56. The van der Waals surface area contributed by atoms with Crippen LogP contribution in [0.2, 0.25) is 0 Å². The van der Waals surface area contributed by atoms with E-state index in [2.05, 4.69) is 30.7 Å². The summed E-state index contributed by atoms with van der Waals surface area (Å²) in [7, 11) is 0. The Bertz CT molecular complexity index is 1010. The number of nitrogens with zero attached hydrogens (tertiary/aromatic N) is 3. The van der Waals surface area contributed by atoms with Crippen molar-refractivity contribution < 1.29 is 13.9 Å². The number of ether oxygens (including phenoxy) is 1. The lowest BCUT2D eigenvalue weighted by Crippen LogP contribution is -2.23. The predicted octanol–water partition coefficient (Wildman–Crippen LogP) is 5.98. The average molecular weight is 412 g/mol. The van der Waals surface area contributed by atoms with Gasteiger partial charge in [0.1, 0.15) is 5.69 Å². The van der Waals surface area contributed by atoms with Crippen LogP contribution in [-0.2, 0) is 21.5 Å². The topological polar surface area (TPSA) is 48.5 Å². The molecule has 0 saturated carbocycles. The lowest BCUT2D eigenvalue weighted by atomic mass is 9.86. The van der Waals surface area contributed by atoms with Crippen LogP contribution in [0.4, 0.5) is 4.39 Å². The van der Waals surface area contributed by atoms with Gasteiger partial charge >= 0.3 is 5.97 Å². The van der Waals surface area contributed by atoms with Crippen molar-refractivity contribution in [3.05, 3.63) is 64.0 Å². The molecule has 0 fully saturated rings. The molecule has 0 N–H and O–H groups in total. The summed E-state index contributed by atoms with van der Waals surface area (Å²) in [5.41, 5.74) is 1.05. The van der Waals surface area contributed by atoms with Crippen LogP contribution in [0.5, 0.6) is 0 Å². The standard InChI is InChI=1S/C24H30FN3O2/c1-10-28-20(18(25)15(2)27-28)21(30-22(29)24(6,7)8)19(26-9)16-11-13-17(14-12-16)23(3,4)5/h11-14H,10H2,1-8H3/b21-19+. The lowest BCUT2D eigenvalue weighted by molar-refractivity contribution is -0.145. The molecule has 160 valence electrons. The van der Waals surface area contributed by atoms with Crippen molar-refractivity contribution in [3.8, 4) is 0 Å². The molecule has 0 radical (unpaired) electrons. The van der Waals surface area contributed by atoms with Crippen molar-refractivity contribution in [1.29, 1.82) is 0 Å². The molecule has 0 bridgehead atoms. The summed E-state index contributed by atoms with van der Waals surface area (Å²) in [5.74, 6) is -1.25. The summed E-state index contributed by atoms with van der Waals surface area (Å²) < 4.78 is 22.1. The van der Waals surface area contributed by atoms with Gasteiger partial charge < -0.3 is 4.74 Å². The van der Waals surface area contributed by atoms with E-state index in [1.807, 2.05) is 19.1 Å². The molecule has 6 heteroatoms. The Hall–Kier alpha value is -2.94. The minimum atomic E-state index is -0.822. The van der Waals surface area contributed by atoms with Gasteiger partial charge in [-0.05, 0) is 51.2 Å². The van der Waals surface area contributed by atoms with Crippen molar-refractivity contribution in [2.75, 3.05) is 0 Å². The number of benzene rings is 1. The van der Waals surface area contributed by atoms with Gasteiger partial charge in [0.25, 0.3) is 0 Å². The molecule has 0 atom stereocenters. The van der Waals surface area contributed by atoms with Gasteiger partial charge in [-0.25, -0.2) is 9.24 Å². The molecular formula is C24H30FN3O2. The highest BCUT2D eigenvalue weighted by Gasteiger charge is 2.31. The van der Waals surface area contributed by atoms with E-state index in [9.17, 15) is 4.79 Å². The van der Waals surface area contributed by atoms with Crippen LogP contribution in [0, 0.1) is 24.7 Å². The van der Waals surface area contributed by atoms with E-state index in [-0.39, 0.29) is 28.3 Å². The summed E-state index contributed by atoms with van der Waals surface area (Å²) in [4.78, 5) is 16.3. The SMILES string of the molecule is [C-]#[N+]/C(=C(/OC(=O)C(C)(C)C)c1c(F)c(C)nn1CC)c1ccc(C(C)(C)C)cc1. The fourth-order valence-electron chi connectivity index (χ4n) is 2.83.